The Morgan fingerprint density at radius 1 is 0.824 bits per heavy atom. The molecule has 2 unspecified atom stereocenters. The number of aliphatic hydroxyl groups excluding tert-OH is 1. The van der Waals surface area contributed by atoms with Gasteiger partial charge in [-0.3, -0.25) is 0 Å². The lowest BCUT2D eigenvalue weighted by molar-refractivity contribution is -0.0681. The van der Waals surface area contributed by atoms with Crippen molar-refractivity contribution < 1.29 is 19.3 Å². The minimum Gasteiger partial charge on any atom is -0.389 e. The van der Waals surface area contributed by atoms with Crippen LogP contribution in [0, 0.1) is 0 Å². The van der Waals surface area contributed by atoms with E-state index in [0.29, 0.717) is 24.9 Å². The van der Waals surface area contributed by atoms with Gasteiger partial charge in [-0.1, -0.05) is 60.7 Å². The van der Waals surface area contributed by atoms with E-state index < -0.39 is 6.10 Å². The topological polar surface area (TPSA) is 89.3 Å². The van der Waals surface area contributed by atoms with Gasteiger partial charge in [0.2, 0.25) is 0 Å². The molecule has 0 radical (unpaired) electrons. The molecule has 5 rings (SSSR count). The van der Waals surface area contributed by atoms with Gasteiger partial charge >= 0.3 is 0 Å². The van der Waals surface area contributed by atoms with Gasteiger partial charge < -0.3 is 30.4 Å². The first-order valence-electron chi connectivity index (χ1n) is 12.5. The van der Waals surface area contributed by atoms with E-state index in [2.05, 4.69) is 31.3 Å². The molecule has 3 saturated heterocycles. The largest absolute Gasteiger partial charge is 0.389 e. The lowest BCUT2D eigenvalue weighted by atomic mass is 9.99. The summed E-state index contributed by atoms with van der Waals surface area (Å²) in [7, 11) is 0. The summed E-state index contributed by atoms with van der Waals surface area (Å²) in [4.78, 5) is 0. The lowest BCUT2D eigenvalue weighted by Gasteiger charge is -2.34. The van der Waals surface area contributed by atoms with Crippen LogP contribution in [0.25, 0.3) is 0 Å². The first-order valence-corrected chi connectivity index (χ1v) is 12.5. The molecular formula is C28H42N2O4. The number of aliphatic hydroxyl groups is 1. The quantitative estimate of drug-likeness (QED) is 0.582. The van der Waals surface area contributed by atoms with Crippen LogP contribution in [-0.2, 0) is 14.2 Å². The third-order valence-corrected chi connectivity index (χ3v) is 6.49. The van der Waals surface area contributed by atoms with Gasteiger partial charge in [-0.25, -0.2) is 0 Å². The van der Waals surface area contributed by atoms with E-state index in [1.54, 1.807) is 0 Å². The molecule has 0 aromatic heterocycles. The zero-order valence-corrected chi connectivity index (χ0v) is 21.0. The number of hydrogen-bond acceptors (Lipinski definition) is 6. The summed E-state index contributed by atoms with van der Waals surface area (Å²) in [6.07, 6.45) is 3.23. The van der Waals surface area contributed by atoms with Crippen molar-refractivity contribution in [1.29, 1.82) is 0 Å². The molecule has 3 aliphatic rings. The third-order valence-electron chi connectivity index (χ3n) is 6.49. The molecule has 0 spiro atoms. The van der Waals surface area contributed by atoms with Gasteiger partial charge in [-0.05, 0) is 45.2 Å². The van der Waals surface area contributed by atoms with Crippen LogP contribution in [0.2, 0.25) is 0 Å². The highest BCUT2D eigenvalue weighted by molar-refractivity contribution is 5.18. The second kappa shape index (κ2) is 13.3. The predicted octanol–water partition coefficient (Wildman–Crippen LogP) is 4.14. The summed E-state index contributed by atoms with van der Waals surface area (Å²) in [5.74, 6) is 0. The molecule has 3 fully saturated rings. The number of nitrogens with one attached hydrogen (secondary N) is 1. The van der Waals surface area contributed by atoms with Crippen LogP contribution < -0.4 is 11.1 Å². The fourth-order valence-corrected chi connectivity index (χ4v) is 4.24. The summed E-state index contributed by atoms with van der Waals surface area (Å²) in [5, 5.41) is 13.4. The number of rotatable bonds is 4. The number of epoxide rings is 1. The number of nitrogens with two attached hydrogens (primary N) is 1. The molecule has 188 valence electrons. The molecule has 6 nitrogen and oxygen atoms in total. The van der Waals surface area contributed by atoms with Gasteiger partial charge in [0.1, 0.15) is 6.10 Å². The summed E-state index contributed by atoms with van der Waals surface area (Å²) < 4.78 is 15.9. The Balaban J connectivity index is 0.000000159. The standard InChI is InChI=1S/C14H21NO2.C8H11N.C6H10O2/c1-10-8-13(14(16)9-17-10)15-11(2)12-6-4-3-5-7-12;1-7(9)8-5-3-2-4-6-8;1-4-2-5-6(8-5)3-7-4/h3-7,10-11,13-16H,8-9H2,1-2H3;2-7H,9H2,1H3;4-6H,2-3H2,1H3/t10-,11-,13-,14-;7-;4-,5?,6?/m010/s1. The number of fused-ring (bicyclic) bond motifs is 1. The SMILES string of the molecule is C[C@@H](N)c1ccccc1.C[C@H](N[C@H]1C[C@H](C)OC[C@@H]1O)c1ccccc1.C[C@H]1CC2OC2CO1. The summed E-state index contributed by atoms with van der Waals surface area (Å²) in [6.45, 7) is 9.51. The smallest absolute Gasteiger partial charge is 0.108 e. The lowest BCUT2D eigenvalue weighted by Crippen LogP contribution is -2.49. The number of benzene rings is 2. The maximum atomic E-state index is 9.90. The van der Waals surface area contributed by atoms with Crippen molar-refractivity contribution in [3.8, 4) is 0 Å². The van der Waals surface area contributed by atoms with Gasteiger partial charge in [0.05, 0.1) is 37.6 Å². The molecule has 3 heterocycles. The molecule has 4 N–H and O–H groups in total. The Labute approximate surface area is 204 Å². The number of hydrogen-bond donors (Lipinski definition) is 3. The zero-order chi connectivity index (χ0) is 24.5. The minimum atomic E-state index is -0.405. The van der Waals surface area contributed by atoms with Gasteiger partial charge in [-0.2, -0.15) is 0 Å². The van der Waals surface area contributed by atoms with Crippen LogP contribution in [0.15, 0.2) is 60.7 Å². The molecule has 3 aliphatic heterocycles. The molecule has 34 heavy (non-hydrogen) atoms. The Hall–Kier alpha value is -1.80. The normalized spacial score (nSPS) is 31.5. The minimum absolute atomic E-state index is 0.119. The van der Waals surface area contributed by atoms with Crippen molar-refractivity contribution in [3.63, 3.8) is 0 Å². The van der Waals surface area contributed by atoms with Crippen molar-refractivity contribution in [2.24, 2.45) is 5.73 Å². The van der Waals surface area contributed by atoms with Crippen molar-refractivity contribution in [2.45, 2.75) is 89.2 Å². The van der Waals surface area contributed by atoms with E-state index >= 15 is 0 Å². The van der Waals surface area contributed by atoms with Crippen LogP contribution in [0.3, 0.4) is 0 Å². The predicted molar refractivity (Wildman–Crippen MR) is 136 cm³/mol. The molecule has 8 atom stereocenters. The highest BCUT2D eigenvalue weighted by atomic mass is 16.6. The van der Waals surface area contributed by atoms with E-state index in [9.17, 15) is 5.11 Å². The Bertz CT molecular complexity index is 820. The average Bonchev–Trinajstić information content (AvgIpc) is 3.62. The fourth-order valence-electron chi connectivity index (χ4n) is 4.24. The van der Waals surface area contributed by atoms with E-state index in [4.69, 9.17) is 19.9 Å². The molecule has 6 heteroatoms. The first-order chi connectivity index (χ1) is 16.3. The fraction of sp³-hybridized carbons (Fsp3) is 0.571. The Morgan fingerprint density at radius 3 is 1.91 bits per heavy atom. The highest BCUT2D eigenvalue weighted by Crippen LogP contribution is 2.31. The summed E-state index contributed by atoms with van der Waals surface area (Å²) in [5.41, 5.74) is 8.05. The van der Waals surface area contributed by atoms with E-state index in [1.165, 1.54) is 11.1 Å². The molecule has 2 aromatic carbocycles. The monoisotopic (exact) mass is 470 g/mol. The maximum Gasteiger partial charge on any atom is 0.108 e. The van der Waals surface area contributed by atoms with Crippen LogP contribution in [0.1, 0.15) is 63.7 Å². The Morgan fingerprint density at radius 2 is 1.38 bits per heavy atom. The van der Waals surface area contributed by atoms with Crippen LogP contribution in [-0.4, -0.2) is 54.9 Å². The Kier molecular flexibility index (Phi) is 10.5. The van der Waals surface area contributed by atoms with E-state index in [1.807, 2.05) is 62.4 Å². The zero-order valence-electron chi connectivity index (χ0n) is 21.0. The maximum absolute atomic E-state index is 9.90. The van der Waals surface area contributed by atoms with Crippen molar-refractivity contribution in [3.05, 3.63) is 71.8 Å². The van der Waals surface area contributed by atoms with Gasteiger partial charge in [0.15, 0.2) is 0 Å². The van der Waals surface area contributed by atoms with Gasteiger partial charge in [0.25, 0.3) is 0 Å². The second-order valence-electron chi connectivity index (χ2n) is 9.64. The second-order valence-corrected chi connectivity index (χ2v) is 9.64. The molecule has 0 bridgehead atoms. The highest BCUT2D eigenvalue weighted by Gasteiger charge is 2.43. The third kappa shape index (κ3) is 8.77. The molecular weight excluding hydrogens is 428 g/mol. The van der Waals surface area contributed by atoms with Crippen LogP contribution >= 0.6 is 0 Å². The van der Waals surface area contributed by atoms with Crippen LogP contribution in [0.4, 0.5) is 0 Å². The average molecular weight is 471 g/mol. The molecule has 2 aromatic rings. The van der Waals surface area contributed by atoms with E-state index in [-0.39, 0.29) is 24.2 Å². The summed E-state index contributed by atoms with van der Waals surface area (Å²) >= 11 is 0. The number of ether oxygens (including phenoxy) is 3. The molecule has 0 saturated carbocycles. The van der Waals surface area contributed by atoms with Crippen LogP contribution in [0.5, 0.6) is 0 Å². The van der Waals surface area contributed by atoms with Gasteiger partial charge in [-0.15, -0.1) is 0 Å². The van der Waals surface area contributed by atoms with Gasteiger partial charge in [0, 0.05) is 24.5 Å². The van der Waals surface area contributed by atoms with Crippen molar-refractivity contribution >= 4 is 0 Å². The molecule has 0 amide bonds. The summed E-state index contributed by atoms with van der Waals surface area (Å²) in [6, 6.07) is 20.9. The first kappa shape index (κ1) is 26.8. The van der Waals surface area contributed by atoms with E-state index in [0.717, 1.165) is 19.4 Å². The van der Waals surface area contributed by atoms with Crippen molar-refractivity contribution in [2.75, 3.05) is 13.2 Å². The molecule has 0 aliphatic carbocycles. The van der Waals surface area contributed by atoms with Crippen molar-refractivity contribution in [1.82, 2.24) is 5.32 Å².